The van der Waals surface area contributed by atoms with Gasteiger partial charge in [-0.1, -0.05) is 35.0 Å². The van der Waals surface area contributed by atoms with Crippen molar-refractivity contribution in [1.82, 2.24) is 0 Å². The highest BCUT2D eigenvalue weighted by molar-refractivity contribution is 9.10. The highest BCUT2D eigenvalue weighted by Gasteiger charge is 2.11. The monoisotopic (exact) mass is 339 g/mol. The van der Waals surface area contributed by atoms with Gasteiger partial charge in [-0.3, -0.25) is 0 Å². The lowest BCUT2D eigenvalue weighted by Crippen LogP contribution is -2.09. The van der Waals surface area contributed by atoms with Crippen molar-refractivity contribution in [3.8, 4) is 12.1 Å². The predicted molar refractivity (Wildman–Crippen MR) is 86.7 cm³/mol. The summed E-state index contributed by atoms with van der Waals surface area (Å²) >= 11 is 3.48. The minimum absolute atomic E-state index is 0.155. The lowest BCUT2D eigenvalue weighted by atomic mass is 10.0. The molecule has 4 heteroatoms. The molecule has 3 nitrogen and oxygen atoms in total. The van der Waals surface area contributed by atoms with Gasteiger partial charge in [-0.2, -0.15) is 10.5 Å². The van der Waals surface area contributed by atoms with Crippen molar-refractivity contribution in [2.45, 2.75) is 19.4 Å². The minimum Gasteiger partial charge on any atom is -0.378 e. The molecule has 1 atom stereocenters. The van der Waals surface area contributed by atoms with Crippen LogP contribution in [0.3, 0.4) is 0 Å². The predicted octanol–water partition coefficient (Wildman–Crippen LogP) is 4.76. The minimum atomic E-state index is 0.155. The number of nitrogens with one attached hydrogen (secondary N) is 1. The summed E-state index contributed by atoms with van der Waals surface area (Å²) in [4.78, 5) is 0. The summed E-state index contributed by atoms with van der Waals surface area (Å²) in [5, 5.41) is 21.5. The Hall–Kier alpha value is -2.30. The Morgan fingerprint density at radius 2 is 1.86 bits per heavy atom. The molecule has 1 N–H and O–H groups in total. The summed E-state index contributed by atoms with van der Waals surface area (Å²) in [5.74, 6) is 0. The zero-order valence-electron chi connectivity index (χ0n) is 11.6. The van der Waals surface area contributed by atoms with E-state index in [0.29, 0.717) is 11.1 Å². The molecule has 21 heavy (non-hydrogen) atoms. The van der Waals surface area contributed by atoms with Gasteiger partial charge in [-0.05, 0) is 42.3 Å². The third kappa shape index (κ3) is 3.62. The maximum atomic E-state index is 9.08. The summed E-state index contributed by atoms with van der Waals surface area (Å²) in [6, 6.07) is 17.6. The molecule has 0 bridgehead atoms. The van der Waals surface area contributed by atoms with Crippen molar-refractivity contribution < 1.29 is 0 Å². The molecule has 0 fully saturated rings. The maximum Gasteiger partial charge on any atom is 0.101 e. The molecule has 2 aromatic rings. The van der Waals surface area contributed by atoms with Crippen LogP contribution >= 0.6 is 15.9 Å². The molecule has 0 aliphatic rings. The van der Waals surface area contributed by atoms with Crippen LogP contribution in [0.25, 0.3) is 0 Å². The topological polar surface area (TPSA) is 59.6 Å². The third-order valence-electron chi connectivity index (χ3n) is 3.26. The van der Waals surface area contributed by atoms with Gasteiger partial charge in [0.05, 0.1) is 17.2 Å². The van der Waals surface area contributed by atoms with Crippen LogP contribution in [0, 0.1) is 22.7 Å². The largest absolute Gasteiger partial charge is 0.378 e. The van der Waals surface area contributed by atoms with E-state index in [1.165, 1.54) is 5.56 Å². The van der Waals surface area contributed by atoms with Gasteiger partial charge in [0.15, 0.2) is 0 Å². The molecule has 2 aromatic carbocycles. The van der Waals surface area contributed by atoms with Gasteiger partial charge in [0, 0.05) is 10.2 Å². The van der Waals surface area contributed by atoms with Crippen LogP contribution in [-0.2, 0) is 0 Å². The Balaban J connectivity index is 2.28. The molecular formula is C17H14BrN3. The van der Waals surface area contributed by atoms with Crippen LogP contribution < -0.4 is 5.32 Å². The van der Waals surface area contributed by atoms with Gasteiger partial charge in [0.25, 0.3) is 0 Å². The average Bonchev–Trinajstić information content (AvgIpc) is 2.52. The average molecular weight is 340 g/mol. The summed E-state index contributed by atoms with van der Waals surface area (Å²) < 4.78 is 1.04. The fraction of sp³-hybridized carbons (Fsp3) is 0.176. The van der Waals surface area contributed by atoms with E-state index in [2.05, 4.69) is 46.4 Å². The van der Waals surface area contributed by atoms with Crippen LogP contribution in [0.4, 0.5) is 5.69 Å². The second-order valence-electron chi connectivity index (χ2n) is 4.64. The van der Waals surface area contributed by atoms with Gasteiger partial charge in [0.2, 0.25) is 0 Å². The number of hydrogen-bond donors (Lipinski definition) is 1. The molecule has 0 radical (unpaired) electrons. The quantitative estimate of drug-likeness (QED) is 0.873. The zero-order chi connectivity index (χ0) is 15.2. The first-order chi connectivity index (χ1) is 10.2. The van der Waals surface area contributed by atoms with E-state index in [4.69, 9.17) is 10.5 Å². The molecule has 0 saturated carbocycles. The molecule has 0 saturated heterocycles. The summed E-state index contributed by atoms with van der Waals surface area (Å²) in [6.45, 7) is 2.10. The molecule has 0 aromatic heterocycles. The van der Waals surface area contributed by atoms with E-state index in [1.807, 2.05) is 24.3 Å². The van der Waals surface area contributed by atoms with Gasteiger partial charge < -0.3 is 5.32 Å². The molecule has 0 spiro atoms. The Morgan fingerprint density at radius 3 is 2.48 bits per heavy atom. The van der Waals surface area contributed by atoms with E-state index in [0.717, 1.165) is 16.6 Å². The Bertz CT molecular complexity index is 726. The number of anilines is 1. The van der Waals surface area contributed by atoms with E-state index in [1.54, 1.807) is 12.1 Å². The van der Waals surface area contributed by atoms with E-state index < -0.39 is 0 Å². The number of hydrogen-bond acceptors (Lipinski definition) is 3. The van der Waals surface area contributed by atoms with Crippen LogP contribution in [0.1, 0.15) is 36.1 Å². The van der Waals surface area contributed by atoms with Crippen molar-refractivity contribution in [3.63, 3.8) is 0 Å². The van der Waals surface area contributed by atoms with Gasteiger partial charge in [0.1, 0.15) is 12.1 Å². The maximum absolute atomic E-state index is 9.08. The lowest BCUT2D eigenvalue weighted by Gasteiger charge is -2.19. The molecule has 0 aliphatic carbocycles. The van der Waals surface area contributed by atoms with Crippen LogP contribution in [-0.4, -0.2) is 0 Å². The number of benzene rings is 2. The normalized spacial score (nSPS) is 11.2. The van der Waals surface area contributed by atoms with Crippen molar-refractivity contribution >= 4 is 21.6 Å². The molecule has 0 amide bonds. The van der Waals surface area contributed by atoms with Crippen LogP contribution in [0.5, 0.6) is 0 Å². The highest BCUT2D eigenvalue weighted by Crippen LogP contribution is 2.26. The molecule has 104 valence electrons. The second-order valence-corrected chi connectivity index (χ2v) is 5.56. The van der Waals surface area contributed by atoms with Crippen molar-refractivity contribution in [3.05, 3.63) is 63.6 Å². The van der Waals surface area contributed by atoms with Crippen molar-refractivity contribution in [1.29, 1.82) is 10.5 Å². The summed E-state index contributed by atoms with van der Waals surface area (Å²) in [5.41, 5.74) is 2.82. The molecular weight excluding hydrogens is 326 g/mol. The van der Waals surface area contributed by atoms with Gasteiger partial charge >= 0.3 is 0 Å². The molecule has 0 heterocycles. The standard InChI is InChI=1S/C17H14BrN3/c1-2-17(12-4-3-5-15(18)8-12)21-16-7-6-13(10-19)14(9-16)11-20/h3-9,17,21H,2H2,1H3. The SMILES string of the molecule is CCC(Nc1ccc(C#N)c(C#N)c1)c1cccc(Br)c1. The molecule has 1 unspecified atom stereocenters. The fourth-order valence-corrected chi connectivity index (χ4v) is 2.59. The first kappa shape index (κ1) is 15.1. The van der Waals surface area contributed by atoms with Crippen molar-refractivity contribution in [2.75, 3.05) is 5.32 Å². The smallest absolute Gasteiger partial charge is 0.101 e. The molecule has 0 aliphatic heterocycles. The summed E-state index contributed by atoms with van der Waals surface area (Å²) in [6.07, 6.45) is 0.915. The number of rotatable bonds is 4. The Kier molecular flexibility index (Phi) is 4.98. The lowest BCUT2D eigenvalue weighted by molar-refractivity contribution is 0.749. The Morgan fingerprint density at radius 1 is 1.10 bits per heavy atom. The van der Waals surface area contributed by atoms with E-state index in [-0.39, 0.29) is 6.04 Å². The first-order valence-electron chi connectivity index (χ1n) is 6.64. The van der Waals surface area contributed by atoms with E-state index in [9.17, 15) is 0 Å². The number of nitrogens with zero attached hydrogens (tertiary/aromatic N) is 2. The Labute approximate surface area is 133 Å². The first-order valence-corrected chi connectivity index (χ1v) is 7.43. The van der Waals surface area contributed by atoms with Crippen LogP contribution in [0.15, 0.2) is 46.9 Å². The summed E-state index contributed by atoms with van der Waals surface area (Å²) in [7, 11) is 0. The second kappa shape index (κ2) is 6.92. The third-order valence-corrected chi connectivity index (χ3v) is 3.75. The van der Waals surface area contributed by atoms with Crippen LogP contribution in [0.2, 0.25) is 0 Å². The number of halogens is 1. The van der Waals surface area contributed by atoms with Gasteiger partial charge in [-0.25, -0.2) is 0 Å². The number of nitriles is 2. The highest BCUT2D eigenvalue weighted by atomic mass is 79.9. The van der Waals surface area contributed by atoms with E-state index >= 15 is 0 Å². The van der Waals surface area contributed by atoms with Gasteiger partial charge in [-0.15, -0.1) is 0 Å². The molecule has 2 rings (SSSR count). The fourth-order valence-electron chi connectivity index (χ4n) is 2.17. The van der Waals surface area contributed by atoms with Crippen molar-refractivity contribution in [2.24, 2.45) is 0 Å². The zero-order valence-corrected chi connectivity index (χ0v) is 13.2.